The first-order valence-electron chi connectivity index (χ1n) is 15.5. The Labute approximate surface area is 265 Å². The quantitative estimate of drug-likeness (QED) is 0.271. The molecular formula is C36H44N4O5. The van der Waals surface area contributed by atoms with E-state index < -0.39 is 0 Å². The number of amides is 2. The lowest BCUT2D eigenvalue weighted by atomic mass is 10.0. The maximum atomic E-state index is 13.6. The number of aryl methyl sites for hydroxylation is 1. The highest BCUT2D eigenvalue weighted by atomic mass is 16.5. The van der Waals surface area contributed by atoms with Crippen LogP contribution >= 0.6 is 0 Å². The molecule has 3 aromatic carbocycles. The molecule has 1 aromatic heterocycles. The molecule has 1 aliphatic heterocycles. The molecule has 0 bridgehead atoms. The van der Waals surface area contributed by atoms with Gasteiger partial charge >= 0.3 is 0 Å². The van der Waals surface area contributed by atoms with Crippen molar-refractivity contribution in [2.24, 2.45) is 13.0 Å². The predicted octanol–water partition coefficient (Wildman–Crippen LogP) is 4.65. The second-order valence-electron chi connectivity index (χ2n) is 12.3. The van der Waals surface area contributed by atoms with Crippen LogP contribution in [0, 0.1) is 5.92 Å². The van der Waals surface area contributed by atoms with Gasteiger partial charge in [0.1, 0.15) is 17.6 Å². The number of aromatic nitrogens is 1. The van der Waals surface area contributed by atoms with Gasteiger partial charge in [0.05, 0.1) is 32.6 Å². The van der Waals surface area contributed by atoms with Gasteiger partial charge in [-0.3, -0.25) is 14.5 Å². The fourth-order valence-electron chi connectivity index (χ4n) is 6.08. The monoisotopic (exact) mass is 612 g/mol. The van der Waals surface area contributed by atoms with Crippen LogP contribution in [-0.2, 0) is 36.0 Å². The number of aliphatic hydroxyl groups is 1. The van der Waals surface area contributed by atoms with E-state index in [0.29, 0.717) is 30.1 Å². The number of nitrogens with zero attached hydrogens (tertiary/aromatic N) is 3. The van der Waals surface area contributed by atoms with Gasteiger partial charge in [-0.05, 0) is 61.5 Å². The number of likely N-dealkylation sites (N-methyl/N-ethyl adjacent to an activating group) is 1. The number of hydrogen-bond acceptors (Lipinski definition) is 6. The Morgan fingerprint density at radius 2 is 1.91 bits per heavy atom. The molecule has 2 N–H and O–H groups in total. The standard InChI is InChI=1S/C36H44N4O5/c1-24-19-40(25(2)23-41)36(43)18-27-16-29(37-35(42)17-28-21-39(4)32-9-7-6-8-31(28)32)12-15-33(27)45-34(24)22-38(3)20-26-10-13-30(44-5)14-11-26/h6-16,21,24-25,34,41H,17-20,22-23H2,1-5H3,(H,37,42)/t24-,25+,34+/m0/s1. The number of fused-ring (bicyclic) bond motifs is 2. The maximum absolute atomic E-state index is 13.6. The van der Waals surface area contributed by atoms with Crippen molar-refractivity contribution in [3.8, 4) is 11.5 Å². The Kier molecular flexibility index (Phi) is 10.1. The van der Waals surface area contributed by atoms with Crippen LogP contribution in [0.15, 0.2) is 72.9 Å². The maximum Gasteiger partial charge on any atom is 0.228 e. The van der Waals surface area contributed by atoms with E-state index in [4.69, 9.17) is 9.47 Å². The second-order valence-corrected chi connectivity index (χ2v) is 12.3. The largest absolute Gasteiger partial charge is 0.497 e. The fourth-order valence-corrected chi connectivity index (χ4v) is 6.08. The van der Waals surface area contributed by atoms with Crippen LogP contribution in [-0.4, -0.2) is 77.3 Å². The summed E-state index contributed by atoms with van der Waals surface area (Å²) in [6.45, 7) is 5.64. The summed E-state index contributed by atoms with van der Waals surface area (Å²) < 4.78 is 14.0. The number of hydrogen-bond donors (Lipinski definition) is 2. The first-order chi connectivity index (χ1) is 21.6. The Morgan fingerprint density at radius 1 is 1.16 bits per heavy atom. The lowest BCUT2D eigenvalue weighted by Crippen LogP contribution is -2.47. The summed E-state index contributed by atoms with van der Waals surface area (Å²) >= 11 is 0. The third-order valence-electron chi connectivity index (χ3n) is 8.63. The molecule has 2 amide bonds. The van der Waals surface area contributed by atoms with E-state index in [1.54, 1.807) is 12.0 Å². The molecule has 238 valence electrons. The van der Waals surface area contributed by atoms with Crippen LogP contribution in [0.1, 0.15) is 30.5 Å². The summed E-state index contributed by atoms with van der Waals surface area (Å²) in [5.74, 6) is 1.22. The van der Waals surface area contributed by atoms with Gasteiger partial charge in [0.15, 0.2) is 0 Å². The van der Waals surface area contributed by atoms with Crippen molar-refractivity contribution in [1.29, 1.82) is 0 Å². The Hall–Kier alpha value is -4.34. The Morgan fingerprint density at radius 3 is 2.64 bits per heavy atom. The number of para-hydroxylation sites is 1. The lowest BCUT2D eigenvalue weighted by molar-refractivity contribution is -0.134. The molecule has 0 saturated carbocycles. The van der Waals surface area contributed by atoms with E-state index in [0.717, 1.165) is 34.3 Å². The minimum absolute atomic E-state index is 0.00714. The SMILES string of the molecule is COc1ccc(CN(C)C[C@H]2Oc3ccc(NC(=O)Cc4cn(C)c5ccccc45)cc3CC(=O)N([C@H](C)CO)C[C@@H]2C)cc1. The summed E-state index contributed by atoms with van der Waals surface area (Å²) in [5, 5.41) is 14.1. The number of rotatable bonds is 10. The van der Waals surface area contributed by atoms with Crippen molar-refractivity contribution in [1.82, 2.24) is 14.4 Å². The van der Waals surface area contributed by atoms with Crippen molar-refractivity contribution < 1.29 is 24.2 Å². The van der Waals surface area contributed by atoms with E-state index in [1.165, 1.54) is 0 Å². The molecule has 4 aromatic rings. The number of nitrogens with one attached hydrogen (secondary N) is 1. The van der Waals surface area contributed by atoms with Gasteiger partial charge in [-0.2, -0.15) is 0 Å². The van der Waals surface area contributed by atoms with Gasteiger partial charge in [-0.15, -0.1) is 0 Å². The molecule has 0 spiro atoms. The molecule has 1 aliphatic rings. The van der Waals surface area contributed by atoms with Crippen LogP contribution in [0.2, 0.25) is 0 Å². The highest BCUT2D eigenvalue weighted by molar-refractivity contribution is 5.96. The van der Waals surface area contributed by atoms with Gasteiger partial charge in [0.2, 0.25) is 11.8 Å². The molecule has 0 saturated heterocycles. The van der Waals surface area contributed by atoms with Gasteiger partial charge in [-0.25, -0.2) is 0 Å². The molecule has 3 atom stereocenters. The summed E-state index contributed by atoms with van der Waals surface area (Å²) in [6, 6.07) is 21.2. The van der Waals surface area contributed by atoms with Crippen LogP contribution in [0.5, 0.6) is 11.5 Å². The number of carbonyl (C=O) groups excluding carboxylic acids is 2. The number of aliphatic hydroxyl groups excluding tert-OH is 1. The van der Waals surface area contributed by atoms with Crippen molar-refractivity contribution in [3.05, 3.63) is 89.6 Å². The number of anilines is 1. The Balaban J connectivity index is 1.36. The highest BCUT2D eigenvalue weighted by Crippen LogP contribution is 2.30. The number of benzene rings is 3. The summed E-state index contributed by atoms with van der Waals surface area (Å²) in [7, 11) is 5.69. The van der Waals surface area contributed by atoms with Crippen LogP contribution in [0.3, 0.4) is 0 Å². The van der Waals surface area contributed by atoms with E-state index in [1.807, 2.05) is 79.3 Å². The zero-order valence-corrected chi connectivity index (χ0v) is 26.8. The molecule has 0 radical (unpaired) electrons. The lowest BCUT2D eigenvalue weighted by Gasteiger charge is -2.34. The first kappa shape index (κ1) is 32.1. The molecular weight excluding hydrogens is 568 g/mol. The minimum atomic E-state index is -0.331. The molecule has 5 rings (SSSR count). The van der Waals surface area contributed by atoms with Gasteiger partial charge in [0.25, 0.3) is 0 Å². The summed E-state index contributed by atoms with van der Waals surface area (Å²) in [4.78, 5) is 30.7. The third-order valence-corrected chi connectivity index (χ3v) is 8.63. The molecule has 45 heavy (non-hydrogen) atoms. The molecule has 0 fully saturated rings. The predicted molar refractivity (Wildman–Crippen MR) is 177 cm³/mol. The first-order valence-corrected chi connectivity index (χ1v) is 15.5. The second kappa shape index (κ2) is 14.2. The minimum Gasteiger partial charge on any atom is -0.497 e. The van der Waals surface area contributed by atoms with E-state index in [2.05, 4.69) is 36.3 Å². The van der Waals surface area contributed by atoms with Crippen molar-refractivity contribution in [2.75, 3.05) is 39.2 Å². The van der Waals surface area contributed by atoms with Gasteiger partial charge in [0, 0.05) is 61.0 Å². The topological polar surface area (TPSA) is 96.3 Å². The van der Waals surface area contributed by atoms with Crippen LogP contribution in [0.25, 0.3) is 10.9 Å². The van der Waals surface area contributed by atoms with E-state index >= 15 is 0 Å². The zero-order chi connectivity index (χ0) is 32.1. The fraction of sp³-hybridized carbons (Fsp3) is 0.389. The number of methoxy groups -OCH3 is 1. The van der Waals surface area contributed by atoms with Gasteiger partial charge in [-0.1, -0.05) is 37.3 Å². The molecule has 2 heterocycles. The third kappa shape index (κ3) is 7.67. The summed E-state index contributed by atoms with van der Waals surface area (Å²) in [6.07, 6.45) is 2.10. The van der Waals surface area contributed by atoms with Crippen molar-refractivity contribution in [2.45, 2.75) is 45.4 Å². The van der Waals surface area contributed by atoms with Crippen LogP contribution < -0.4 is 14.8 Å². The van der Waals surface area contributed by atoms with Gasteiger partial charge < -0.3 is 29.4 Å². The highest BCUT2D eigenvalue weighted by Gasteiger charge is 2.31. The smallest absolute Gasteiger partial charge is 0.228 e. The normalized spacial score (nSPS) is 17.7. The molecule has 9 heteroatoms. The van der Waals surface area contributed by atoms with Crippen molar-refractivity contribution in [3.63, 3.8) is 0 Å². The molecule has 0 aliphatic carbocycles. The number of carbonyl (C=O) groups is 2. The Bertz CT molecular complexity index is 1630. The molecule has 0 unspecified atom stereocenters. The number of ether oxygens (including phenoxy) is 2. The average Bonchev–Trinajstić information content (AvgIpc) is 3.36. The van der Waals surface area contributed by atoms with E-state index in [9.17, 15) is 14.7 Å². The summed E-state index contributed by atoms with van der Waals surface area (Å²) in [5.41, 5.74) is 4.50. The van der Waals surface area contributed by atoms with Crippen LogP contribution in [0.4, 0.5) is 5.69 Å². The average molecular weight is 613 g/mol. The zero-order valence-electron chi connectivity index (χ0n) is 26.8. The molecule has 9 nitrogen and oxygen atoms in total. The van der Waals surface area contributed by atoms with Crippen molar-refractivity contribution >= 4 is 28.4 Å². The van der Waals surface area contributed by atoms with E-state index in [-0.39, 0.29) is 49.3 Å².